The average Bonchev–Trinajstić information content (AvgIpc) is 3.56. The van der Waals surface area contributed by atoms with Crippen LogP contribution in [0.4, 0.5) is 0 Å². The summed E-state index contributed by atoms with van der Waals surface area (Å²) in [7, 11) is 0. The van der Waals surface area contributed by atoms with E-state index in [1.54, 1.807) is 0 Å². The predicted octanol–water partition coefficient (Wildman–Crippen LogP) is 8.48. The molecule has 37 heavy (non-hydrogen) atoms. The smallest absolute Gasteiger partial charge is 0.168 e. The van der Waals surface area contributed by atoms with Crippen molar-refractivity contribution < 1.29 is 4.42 Å². The molecule has 0 atom stereocenters. The summed E-state index contributed by atoms with van der Waals surface area (Å²) in [6.07, 6.45) is 0. The molecule has 0 aliphatic carbocycles. The lowest BCUT2D eigenvalue weighted by atomic mass is 10.0. The van der Waals surface area contributed by atoms with Crippen molar-refractivity contribution in [3.05, 3.63) is 127 Å². The van der Waals surface area contributed by atoms with Crippen molar-refractivity contribution in [1.82, 2.24) is 14.8 Å². The Morgan fingerprint density at radius 1 is 0.541 bits per heavy atom. The van der Waals surface area contributed by atoms with Gasteiger partial charge in [0, 0.05) is 33.2 Å². The number of aromatic nitrogens is 3. The van der Waals surface area contributed by atoms with E-state index in [0.717, 1.165) is 61.5 Å². The van der Waals surface area contributed by atoms with E-state index >= 15 is 0 Å². The number of hydrogen-bond acceptors (Lipinski definition) is 3. The normalized spacial score (nSPS) is 11.4. The summed E-state index contributed by atoms with van der Waals surface area (Å²) in [5.41, 5.74) is 8.24. The predicted molar refractivity (Wildman–Crippen MR) is 150 cm³/mol. The zero-order valence-electron chi connectivity index (χ0n) is 20.3. The van der Waals surface area contributed by atoms with Crippen LogP contribution in [0.1, 0.15) is 5.56 Å². The summed E-state index contributed by atoms with van der Waals surface area (Å²) in [4.78, 5) is 0. The molecule has 2 aromatic heterocycles. The first kappa shape index (κ1) is 21.3. The van der Waals surface area contributed by atoms with E-state index in [2.05, 4.69) is 107 Å². The van der Waals surface area contributed by atoms with Crippen molar-refractivity contribution in [2.45, 2.75) is 6.92 Å². The molecule has 0 N–H and O–H groups in total. The van der Waals surface area contributed by atoms with Crippen molar-refractivity contribution >= 4 is 21.9 Å². The second kappa shape index (κ2) is 8.61. The Labute approximate surface area is 214 Å². The lowest BCUT2D eigenvalue weighted by molar-refractivity contribution is 0.670. The fourth-order valence-corrected chi connectivity index (χ4v) is 4.96. The van der Waals surface area contributed by atoms with E-state index in [0.29, 0.717) is 0 Å². The molecule has 0 amide bonds. The van der Waals surface area contributed by atoms with Gasteiger partial charge >= 0.3 is 0 Å². The summed E-state index contributed by atoms with van der Waals surface area (Å²) in [6.45, 7) is 2.09. The number of nitrogens with zero attached hydrogens (tertiary/aromatic N) is 3. The highest BCUT2D eigenvalue weighted by Crippen LogP contribution is 2.36. The second-order valence-corrected chi connectivity index (χ2v) is 9.24. The molecule has 0 bridgehead atoms. The highest BCUT2D eigenvalue weighted by Gasteiger charge is 2.18. The van der Waals surface area contributed by atoms with E-state index in [1.807, 2.05) is 36.4 Å². The highest BCUT2D eigenvalue weighted by molar-refractivity contribution is 6.09. The van der Waals surface area contributed by atoms with Crippen LogP contribution >= 0.6 is 0 Å². The standard InChI is InChI=1S/C33H23N3O/c1-22-14-16-24(17-15-22)32-34-35-33(36(32)26-8-3-2-4-9-26)25-20-18-23(19-21-25)27-11-7-12-29-28-10-5-6-13-30(28)37-31(27)29/h2-21H,1H3. The fraction of sp³-hybridized carbons (Fsp3) is 0.0303. The molecule has 4 nitrogen and oxygen atoms in total. The molecule has 0 unspecified atom stereocenters. The highest BCUT2D eigenvalue weighted by atomic mass is 16.3. The Balaban J connectivity index is 1.34. The van der Waals surface area contributed by atoms with Crippen molar-refractivity contribution in [1.29, 1.82) is 0 Å². The van der Waals surface area contributed by atoms with Gasteiger partial charge < -0.3 is 4.42 Å². The van der Waals surface area contributed by atoms with Crippen LogP contribution in [-0.4, -0.2) is 14.8 Å². The molecular weight excluding hydrogens is 454 g/mol. The minimum absolute atomic E-state index is 0.801. The molecule has 7 aromatic rings. The van der Waals surface area contributed by atoms with Gasteiger partial charge in [0.2, 0.25) is 0 Å². The number of para-hydroxylation sites is 3. The number of hydrogen-bond donors (Lipinski definition) is 0. The number of rotatable bonds is 4. The van der Waals surface area contributed by atoms with Crippen LogP contribution in [0.25, 0.3) is 61.5 Å². The van der Waals surface area contributed by atoms with Gasteiger partial charge in [-0.2, -0.15) is 0 Å². The molecule has 2 heterocycles. The molecule has 0 aliphatic heterocycles. The molecule has 0 aliphatic rings. The first-order valence-electron chi connectivity index (χ1n) is 12.4. The zero-order valence-corrected chi connectivity index (χ0v) is 20.3. The maximum Gasteiger partial charge on any atom is 0.168 e. The van der Waals surface area contributed by atoms with E-state index in [9.17, 15) is 0 Å². The number of furan rings is 1. The summed E-state index contributed by atoms with van der Waals surface area (Å²) < 4.78 is 8.39. The first-order valence-corrected chi connectivity index (χ1v) is 12.4. The van der Waals surface area contributed by atoms with Gasteiger partial charge in [0.1, 0.15) is 11.2 Å². The third-order valence-electron chi connectivity index (χ3n) is 6.85. The quantitative estimate of drug-likeness (QED) is 0.255. The molecule has 5 aromatic carbocycles. The first-order chi connectivity index (χ1) is 18.3. The van der Waals surface area contributed by atoms with Gasteiger partial charge in [-0.1, -0.05) is 109 Å². The van der Waals surface area contributed by atoms with Crippen LogP contribution in [0.5, 0.6) is 0 Å². The van der Waals surface area contributed by atoms with Gasteiger partial charge in [-0.15, -0.1) is 10.2 Å². The molecule has 176 valence electrons. The van der Waals surface area contributed by atoms with Gasteiger partial charge in [0.15, 0.2) is 11.6 Å². The summed E-state index contributed by atoms with van der Waals surface area (Å²) in [5, 5.41) is 11.5. The maximum absolute atomic E-state index is 6.26. The SMILES string of the molecule is Cc1ccc(-c2nnc(-c3ccc(-c4cccc5c4oc4ccccc45)cc3)n2-c2ccccc2)cc1. The van der Waals surface area contributed by atoms with Crippen molar-refractivity contribution in [2.24, 2.45) is 0 Å². The van der Waals surface area contributed by atoms with Crippen LogP contribution in [0, 0.1) is 6.92 Å². The molecule has 0 spiro atoms. The molecular formula is C33H23N3O. The van der Waals surface area contributed by atoms with Crippen LogP contribution < -0.4 is 0 Å². The Morgan fingerprint density at radius 2 is 1.14 bits per heavy atom. The Bertz CT molecular complexity index is 1860. The number of aryl methyl sites for hydroxylation is 1. The third-order valence-corrected chi connectivity index (χ3v) is 6.85. The van der Waals surface area contributed by atoms with E-state index in [-0.39, 0.29) is 0 Å². The molecule has 0 radical (unpaired) electrons. The number of benzene rings is 5. The zero-order chi connectivity index (χ0) is 24.8. The van der Waals surface area contributed by atoms with Crippen LogP contribution in [0.2, 0.25) is 0 Å². The minimum atomic E-state index is 0.801. The molecule has 4 heteroatoms. The molecule has 0 fully saturated rings. The molecule has 0 saturated carbocycles. The van der Waals surface area contributed by atoms with Gasteiger partial charge in [-0.25, -0.2) is 0 Å². The largest absolute Gasteiger partial charge is 0.455 e. The molecule has 7 rings (SSSR count). The molecule has 0 saturated heterocycles. The van der Waals surface area contributed by atoms with Crippen molar-refractivity contribution in [3.63, 3.8) is 0 Å². The van der Waals surface area contributed by atoms with Gasteiger partial charge in [0.05, 0.1) is 0 Å². The second-order valence-electron chi connectivity index (χ2n) is 9.24. The van der Waals surface area contributed by atoms with Gasteiger partial charge in [0.25, 0.3) is 0 Å². The van der Waals surface area contributed by atoms with Crippen molar-refractivity contribution in [3.8, 4) is 39.6 Å². The van der Waals surface area contributed by atoms with Crippen LogP contribution in [-0.2, 0) is 0 Å². The lowest BCUT2D eigenvalue weighted by Gasteiger charge is -2.11. The average molecular weight is 478 g/mol. The Hall–Kier alpha value is -4.96. The van der Waals surface area contributed by atoms with Gasteiger partial charge in [-0.05, 0) is 30.7 Å². The monoisotopic (exact) mass is 477 g/mol. The van der Waals surface area contributed by atoms with Crippen LogP contribution in [0.15, 0.2) is 126 Å². The van der Waals surface area contributed by atoms with Gasteiger partial charge in [-0.3, -0.25) is 4.57 Å². The topological polar surface area (TPSA) is 43.9 Å². The van der Waals surface area contributed by atoms with Crippen LogP contribution in [0.3, 0.4) is 0 Å². The Kier molecular flexibility index (Phi) is 4.96. The maximum atomic E-state index is 6.26. The summed E-state index contributed by atoms with van der Waals surface area (Å²) in [6, 6.07) is 41.7. The van der Waals surface area contributed by atoms with E-state index in [4.69, 9.17) is 4.42 Å². The third kappa shape index (κ3) is 3.62. The minimum Gasteiger partial charge on any atom is -0.455 e. The fourth-order valence-electron chi connectivity index (χ4n) is 4.96. The summed E-state index contributed by atoms with van der Waals surface area (Å²) >= 11 is 0. The number of fused-ring (bicyclic) bond motifs is 3. The lowest BCUT2D eigenvalue weighted by Crippen LogP contribution is -2.00. The Morgan fingerprint density at radius 3 is 1.86 bits per heavy atom. The van der Waals surface area contributed by atoms with E-state index in [1.165, 1.54) is 5.56 Å². The summed E-state index contributed by atoms with van der Waals surface area (Å²) in [5.74, 6) is 1.62. The van der Waals surface area contributed by atoms with E-state index < -0.39 is 0 Å². The van der Waals surface area contributed by atoms with Crippen molar-refractivity contribution in [2.75, 3.05) is 0 Å².